The van der Waals surface area contributed by atoms with Gasteiger partial charge in [0.1, 0.15) is 4.64 Å². The van der Waals surface area contributed by atoms with Gasteiger partial charge >= 0.3 is 0 Å². The summed E-state index contributed by atoms with van der Waals surface area (Å²) >= 11 is 5.07. The number of carbonyl (C=O) groups is 2. The van der Waals surface area contributed by atoms with E-state index in [9.17, 15) is 9.59 Å². The van der Waals surface area contributed by atoms with Gasteiger partial charge in [-0.15, -0.1) is 0 Å². The summed E-state index contributed by atoms with van der Waals surface area (Å²) < 4.78 is 0.355. The molecule has 0 saturated heterocycles. The third-order valence-electron chi connectivity index (χ3n) is 2.16. The van der Waals surface area contributed by atoms with Crippen molar-refractivity contribution in [2.24, 2.45) is 5.84 Å². The van der Waals surface area contributed by atoms with Crippen molar-refractivity contribution in [3.63, 3.8) is 0 Å². The van der Waals surface area contributed by atoms with Gasteiger partial charge in [0.15, 0.2) is 0 Å². The lowest BCUT2D eigenvalue weighted by molar-refractivity contribution is -0.120. The molecule has 0 radical (unpaired) electrons. The van der Waals surface area contributed by atoms with E-state index < -0.39 is 11.8 Å². The molecule has 0 aromatic carbocycles. The van der Waals surface area contributed by atoms with Gasteiger partial charge in [0, 0.05) is 5.69 Å². The molecule has 1 rings (SSSR count). The number of carbonyl (C=O) groups excluding carboxylic acids is 2. The van der Waals surface area contributed by atoms with E-state index >= 15 is 0 Å². The number of nitrogens with two attached hydrogens (primary N) is 1. The topological polar surface area (TPSA) is 100 Å². The number of pyridine rings is 1. The molecule has 1 aromatic heterocycles. The molecule has 0 bridgehead atoms. The summed E-state index contributed by atoms with van der Waals surface area (Å²) in [5.74, 6) is 4.03. The standard InChI is InChI=1S/C10H14N4O2S/c1-5-3-6(2)13-10(17)8(5)9(16)12-4-7(15)14-11/h3H,4,11H2,1-2H3,(H,12,16)(H,13,17)(H,14,15). The number of nitrogens with one attached hydrogen (secondary N) is 3. The first kappa shape index (κ1) is 13.3. The largest absolute Gasteiger partial charge is 0.350 e. The second kappa shape index (κ2) is 5.55. The Morgan fingerprint density at radius 3 is 2.65 bits per heavy atom. The molecule has 1 aromatic rings. The zero-order valence-corrected chi connectivity index (χ0v) is 10.4. The SMILES string of the molecule is Cc1cc(C)c(C(=O)NCC(=O)NN)c(=S)[nH]1. The Morgan fingerprint density at radius 2 is 2.12 bits per heavy atom. The summed E-state index contributed by atoms with van der Waals surface area (Å²) in [7, 11) is 0. The van der Waals surface area contributed by atoms with E-state index in [0.29, 0.717) is 10.2 Å². The molecule has 0 atom stereocenters. The molecule has 6 nitrogen and oxygen atoms in total. The number of aromatic nitrogens is 1. The fourth-order valence-corrected chi connectivity index (χ4v) is 1.85. The lowest BCUT2D eigenvalue weighted by Gasteiger charge is -2.08. The lowest BCUT2D eigenvalue weighted by atomic mass is 10.1. The minimum absolute atomic E-state index is 0.183. The fraction of sp³-hybridized carbons (Fsp3) is 0.300. The van der Waals surface area contributed by atoms with Gasteiger partial charge in [-0.2, -0.15) is 0 Å². The molecular formula is C10H14N4O2S. The van der Waals surface area contributed by atoms with E-state index in [1.54, 1.807) is 6.92 Å². The van der Waals surface area contributed by atoms with Crippen LogP contribution in [0.1, 0.15) is 21.6 Å². The highest BCUT2D eigenvalue weighted by Gasteiger charge is 2.12. The summed E-state index contributed by atoms with van der Waals surface area (Å²) in [5, 5.41) is 2.43. The average Bonchev–Trinajstić information content (AvgIpc) is 2.24. The normalized spacial score (nSPS) is 9.82. The Bertz CT molecular complexity index is 510. The van der Waals surface area contributed by atoms with Crippen LogP contribution in [0.25, 0.3) is 0 Å². The molecule has 0 unspecified atom stereocenters. The van der Waals surface area contributed by atoms with Crippen molar-refractivity contribution >= 4 is 24.0 Å². The van der Waals surface area contributed by atoms with Crippen LogP contribution >= 0.6 is 12.2 Å². The van der Waals surface area contributed by atoms with Gasteiger partial charge in [0.05, 0.1) is 12.1 Å². The Kier molecular flexibility index (Phi) is 4.36. The number of hydrogen-bond acceptors (Lipinski definition) is 4. The van der Waals surface area contributed by atoms with E-state index in [4.69, 9.17) is 18.1 Å². The number of H-pyrrole nitrogens is 1. The first-order valence-electron chi connectivity index (χ1n) is 4.94. The molecule has 7 heteroatoms. The number of rotatable bonds is 3. The van der Waals surface area contributed by atoms with Crippen LogP contribution in [-0.2, 0) is 4.79 Å². The summed E-state index contributed by atoms with van der Waals surface area (Å²) in [6.45, 7) is 3.46. The highest BCUT2D eigenvalue weighted by Crippen LogP contribution is 2.09. The van der Waals surface area contributed by atoms with Gasteiger partial charge in [0.25, 0.3) is 11.8 Å². The Morgan fingerprint density at radius 1 is 1.47 bits per heavy atom. The van der Waals surface area contributed by atoms with Crippen LogP contribution in [0.3, 0.4) is 0 Å². The maximum absolute atomic E-state index is 11.8. The van der Waals surface area contributed by atoms with E-state index in [1.807, 2.05) is 18.4 Å². The zero-order valence-electron chi connectivity index (χ0n) is 9.59. The van der Waals surface area contributed by atoms with E-state index in [2.05, 4.69) is 10.3 Å². The predicted molar refractivity (Wildman–Crippen MR) is 65.8 cm³/mol. The van der Waals surface area contributed by atoms with Gasteiger partial charge in [-0.05, 0) is 25.5 Å². The van der Waals surface area contributed by atoms with Crippen LogP contribution in [0.4, 0.5) is 0 Å². The number of hydrazine groups is 1. The van der Waals surface area contributed by atoms with E-state index in [0.717, 1.165) is 11.3 Å². The maximum Gasteiger partial charge on any atom is 0.254 e. The van der Waals surface area contributed by atoms with Crippen LogP contribution in [0, 0.1) is 18.5 Å². The molecule has 1 heterocycles. The van der Waals surface area contributed by atoms with Crippen molar-refractivity contribution in [1.82, 2.24) is 15.7 Å². The zero-order chi connectivity index (χ0) is 13.0. The summed E-state index contributed by atoms with van der Waals surface area (Å²) in [6, 6.07) is 1.81. The van der Waals surface area contributed by atoms with Gasteiger partial charge in [-0.3, -0.25) is 15.0 Å². The summed E-state index contributed by atoms with van der Waals surface area (Å²) in [6.07, 6.45) is 0. The molecule has 0 saturated carbocycles. The smallest absolute Gasteiger partial charge is 0.254 e. The van der Waals surface area contributed by atoms with Gasteiger partial charge in [0.2, 0.25) is 0 Å². The highest BCUT2D eigenvalue weighted by molar-refractivity contribution is 7.71. The molecule has 92 valence electrons. The number of amides is 2. The minimum atomic E-state index is -0.474. The van der Waals surface area contributed by atoms with Crippen molar-refractivity contribution in [1.29, 1.82) is 0 Å². The molecule has 0 aliphatic carbocycles. The summed E-state index contributed by atoms with van der Waals surface area (Å²) in [4.78, 5) is 25.6. The highest BCUT2D eigenvalue weighted by atomic mass is 32.1. The van der Waals surface area contributed by atoms with E-state index in [1.165, 1.54) is 0 Å². The molecular weight excluding hydrogens is 240 g/mol. The van der Waals surface area contributed by atoms with Crippen LogP contribution in [0.2, 0.25) is 0 Å². The molecule has 0 aliphatic rings. The van der Waals surface area contributed by atoms with Crippen molar-refractivity contribution in [3.05, 3.63) is 27.5 Å². The van der Waals surface area contributed by atoms with Gasteiger partial charge < -0.3 is 10.3 Å². The Labute approximate surface area is 104 Å². The molecule has 17 heavy (non-hydrogen) atoms. The second-order valence-electron chi connectivity index (χ2n) is 3.59. The molecule has 0 spiro atoms. The number of aromatic amines is 1. The first-order chi connectivity index (χ1) is 7.95. The van der Waals surface area contributed by atoms with Crippen molar-refractivity contribution < 1.29 is 9.59 Å². The molecule has 2 amide bonds. The molecule has 5 N–H and O–H groups in total. The third-order valence-corrected chi connectivity index (χ3v) is 2.47. The first-order valence-corrected chi connectivity index (χ1v) is 5.34. The van der Waals surface area contributed by atoms with Crippen LogP contribution in [0.15, 0.2) is 6.07 Å². The predicted octanol–water partition coefficient (Wildman–Crippen LogP) is 0.0807. The monoisotopic (exact) mass is 254 g/mol. The minimum Gasteiger partial charge on any atom is -0.350 e. The van der Waals surface area contributed by atoms with Crippen molar-refractivity contribution in [3.8, 4) is 0 Å². The average molecular weight is 254 g/mol. The van der Waals surface area contributed by atoms with Crippen molar-refractivity contribution in [2.45, 2.75) is 13.8 Å². The number of aryl methyl sites for hydroxylation is 2. The fourth-order valence-electron chi connectivity index (χ4n) is 1.44. The molecule has 0 aliphatic heterocycles. The Balaban J connectivity index is 2.90. The van der Waals surface area contributed by atoms with Crippen molar-refractivity contribution in [2.75, 3.05) is 6.54 Å². The quantitative estimate of drug-likeness (QED) is 0.266. The third kappa shape index (κ3) is 3.36. The van der Waals surface area contributed by atoms with Crippen LogP contribution in [-0.4, -0.2) is 23.3 Å². The Hall–Kier alpha value is -1.73. The van der Waals surface area contributed by atoms with Crippen LogP contribution < -0.4 is 16.6 Å². The van der Waals surface area contributed by atoms with E-state index in [-0.39, 0.29) is 6.54 Å². The van der Waals surface area contributed by atoms with Gasteiger partial charge in [-0.1, -0.05) is 12.2 Å². The second-order valence-corrected chi connectivity index (χ2v) is 4.00. The number of hydrogen-bond donors (Lipinski definition) is 4. The van der Waals surface area contributed by atoms with Gasteiger partial charge in [-0.25, -0.2) is 5.84 Å². The van der Waals surface area contributed by atoms with Crippen LogP contribution in [0.5, 0.6) is 0 Å². The lowest BCUT2D eigenvalue weighted by Crippen LogP contribution is -2.40. The maximum atomic E-state index is 11.8. The summed E-state index contributed by atoms with van der Waals surface area (Å²) in [5.41, 5.74) is 3.93. The molecule has 0 fully saturated rings.